The minimum Gasteiger partial charge on any atom is -0.452 e. The topological polar surface area (TPSA) is 67.9 Å². The molecule has 0 radical (unpaired) electrons. The first-order valence-electron chi connectivity index (χ1n) is 9.93. The van der Waals surface area contributed by atoms with Crippen LogP contribution in [0, 0.1) is 17.8 Å². The Bertz CT molecular complexity index is 458. The second-order valence-electron chi connectivity index (χ2n) is 7.73. The fourth-order valence-electron chi connectivity index (χ4n) is 4.19. The highest BCUT2D eigenvalue weighted by Gasteiger charge is 2.49. The summed E-state index contributed by atoms with van der Waals surface area (Å²) in [7, 11) is 0. The van der Waals surface area contributed by atoms with E-state index < -0.39 is 6.10 Å². The summed E-state index contributed by atoms with van der Waals surface area (Å²) in [4.78, 5) is 26.6. The molecule has 0 bridgehead atoms. The molecule has 3 atom stereocenters. The zero-order valence-electron chi connectivity index (χ0n) is 15.4. The molecule has 0 aromatic rings. The molecule has 0 spiro atoms. The smallest absolute Gasteiger partial charge is 0.310 e. The van der Waals surface area contributed by atoms with Gasteiger partial charge in [0.15, 0.2) is 6.10 Å². The molecule has 6 heteroatoms. The number of carbonyl (C=O) groups excluding carboxylic acids is 2. The van der Waals surface area contributed by atoms with Crippen molar-refractivity contribution in [2.24, 2.45) is 17.8 Å². The molecule has 2 saturated carbocycles. The maximum atomic E-state index is 12.3. The Morgan fingerprint density at radius 2 is 1.92 bits per heavy atom. The molecule has 3 fully saturated rings. The van der Waals surface area contributed by atoms with Crippen LogP contribution in [0.4, 0.5) is 0 Å². The average Bonchev–Trinajstić information content (AvgIpc) is 3.44. The van der Waals surface area contributed by atoms with E-state index in [4.69, 9.17) is 9.47 Å². The SMILES string of the molecule is C[C@H](OC(=O)[C@@H]1C[C@H]1C1CCCCC1)C(=O)NCCN1CCOCC1. The van der Waals surface area contributed by atoms with Gasteiger partial charge in [0.25, 0.3) is 5.91 Å². The van der Waals surface area contributed by atoms with E-state index in [1.807, 2.05) is 0 Å². The first kappa shape index (κ1) is 18.6. The zero-order valence-corrected chi connectivity index (χ0v) is 15.4. The summed E-state index contributed by atoms with van der Waals surface area (Å²) in [6.45, 7) is 6.38. The van der Waals surface area contributed by atoms with Crippen LogP contribution < -0.4 is 5.32 Å². The molecule has 25 heavy (non-hydrogen) atoms. The minimum absolute atomic E-state index is 0.0340. The van der Waals surface area contributed by atoms with Crippen LogP contribution >= 0.6 is 0 Å². The third kappa shape index (κ3) is 5.42. The first-order valence-corrected chi connectivity index (χ1v) is 9.93. The van der Waals surface area contributed by atoms with Crippen LogP contribution in [0.2, 0.25) is 0 Å². The summed E-state index contributed by atoms with van der Waals surface area (Å²) >= 11 is 0. The average molecular weight is 352 g/mol. The van der Waals surface area contributed by atoms with Gasteiger partial charge >= 0.3 is 5.97 Å². The van der Waals surface area contributed by atoms with Crippen molar-refractivity contribution >= 4 is 11.9 Å². The van der Waals surface area contributed by atoms with Crippen molar-refractivity contribution in [3.8, 4) is 0 Å². The van der Waals surface area contributed by atoms with Gasteiger partial charge in [-0.1, -0.05) is 32.1 Å². The van der Waals surface area contributed by atoms with E-state index in [0.717, 1.165) is 39.3 Å². The second-order valence-corrected chi connectivity index (χ2v) is 7.73. The van der Waals surface area contributed by atoms with Crippen LogP contribution in [0.15, 0.2) is 0 Å². The van der Waals surface area contributed by atoms with Gasteiger partial charge in [-0.2, -0.15) is 0 Å². The number of nitrogens with zero attached hydrogens (tertiary/aromatic N) is 1. The van der Waals surface area contributed by atoms with E-state index in [1.165, 1.54) is 32.1 Å². The molecule has 142 valence electrons. The summed E-state index contributed by atoms with van der Waals surface area (Å²) in [5.74, 6) is 0.864. The lowest BCUT2D eigenvalue weighted by Gasteiger charge is -2.26. The number of hydrogen-bond donors (Lipinski definition) is 1. The summed E-state index contributed by atoms with van der Waals surface area (Å²) in [6.07, 6.45) is 6.69. The van der Waals surface area contributed by atoms with Crippen LogP contribution in [-0.2, 0) is 19.1 Å². The van der Waals surface area contributed by atoms with Crippen molar-refractivity contribution in [3.63, 3.8) is 0 Å². The molecule has 6 nitrogen and oxygen atoms in total. The van der Waals surface area contributed by atoms with Gasteiger partial charge in [-0.05, 0) is 25.2 Å². The van der Waals surface area contributed by atoms with Gasteiger partial charge in [-0.15, -0.1) is 0 Å². The van der Waals surface area contributed by atoms with E-state index in [2.05, 4.69) is 10.2 Å². The number of hydrogen-bond acceptors (Lipinski definition) is 5. The lowest BCUT2D eigenvalue weighted by Crippen LogP contribution is -2.43. The molecule has 0 aromatic heterocycles. The number of amides is 1. The van der Waals surface area contributed by atoms with E-state index in [0.29, 0.717) is 18.4 Å². The van der Waals surface area contributed by atoms with Gasteiger partial charge in [0.05, 0.1) is 19.1 Å². The van der Waals surface area contributed by atoms with Crippen LogP contribution in [0.5, 0.6) is 0 Å². The molecule has 1 N–H and O–H groups in total. The predicted octanol–water partition coefficient (Wildman–Crippen LogP) is 1.58. The number of morpholine rings is 1. The van der Waals surface area contributed by atoms with Crippen LogP contribution in [0.1, 0.15) is 45.4 Å². The number of esters is 1. The quantitative estimate of drug-likeness (QED) is 0.705. The largest absolute Gasteiger partial charge is 0.452 e. The molecule has 1 saturated heterocycles. The fraction of sp³-hybridized carbons (Fsp3) is 0.895. The van der Waals surface area contributed by atoms with Crippen LogP contribution in [0.25, 0.3) is 0 Å². The molecular weight excluding hydrogens is 320 g/mol. The maximum Gasteiger partial charge on any atom is 0.310 e. The normalized spacial score (nSPS) is 29.0. The standard InChI is InChI=1S/C19H32N2O4/c1-14(18(22)20-7-8-21-9-11-24-12-10-21)25-19(23)17-13-16(17)15-5-3-2-4-6-15/h14-17H,2-13H2,1H3,(H,20,22)/t14-,16-,17+/m0/s1. The highest BCUT2D eigenvalue weighted by Crippen LogP contribution is 2.49. The first-order chi connectivity index (χ1) is 12.1. The van der Waals surface area contributed by atoms with Gasteiger partial charge in [0, 0.05) is 26.2 Å². The van der Waals surface area contributed by atoms with Gasteiger partial charge in [-0.25, -0.2) is 0 Å². The highest BCUT2D eigenvalue weighted by atomic mass is 16.5. The van der Waals surface area contributed by atoms with Gasteiger partial charge in [-0.3, -0.25) is 14.5 Å². The van der Waals surface area contributed by atoms with Crippen molar-refractivity contribution in [3.05, 3.63) is 0 Å². The maximum absolute atomic E-state index is 12.3. The Hall–Kier alpha value is -1.14. The third-order valence-corrected chi connectivity index (χ3v) is 5.89. The lowest BCUT2D eigenvalue weighted by molar-refractivity contribution is -0.156. The van der Waals surface area contributed by atoms with E-state index >= 15 is 0 Å². The number of nitrogens with one attached hydrogen (secondary N) is 1. The van der Waals surface area contributed by atoms with E-state index in [9.17, 15) is 9.59 Å². The lowest BCUT2D eigenvalue weighted by atomic mass is 9.85. The fourth-order valence-corrected chi connectivity index (χ4v) is 4.19. The number of carbonyl (C=O) groups is 2. The number of ether oxygens (including phenoxy) is 2. The third-order valence-electron chi connectivity index (χ3n) is 5.89. The molecule has 3 aliphatic rings. The van der Waals surface area contributed by atoms with Crippen molar-refractivity contribution in [1.82, 2.24) is 10.2 Å². The Morgan fingerprint density at radius 1 is 1.20 bits per heavy atom. The molecule has 3 rings (SSSR count). The highest BCUT2D eigenvalue weighted by molar-refractivity contribution is 5.84. The van der Waals surface area contributed by atoms with Crippen molar-refractivity contribution in [2.75, 3.05) is 39.4 Å². The summed E-state index contributed by atoms with van der Waals surface area (Å²) < 4.78 is 10.7. The minimum atomic E-state index is -0.704. The van der Waals surface area contributed by atoms with Crippen molar-refractivity contribution in [2.45, 2.75) is 51.6 Å². The molecule has 2 aliphatic carbocycles. The number of rotatable bonds is 7. The van der Waals surface area contributed by atoms with Crippen molar-refractivity contribution < 1.29 is 19.1 Å². The predicted molar refractivity (Wildman–Crippen MR) is 94.0 cm³/mol. The molecule has 1 amide bonds. The Labute approximate surface area is 150 Å². The van der Waals surface area contributed by atoms with Gasteiger partial charge in [0.1, 0.15) is 0 Å². The zero-order chi connectivity index (χ0) is 17.6. The molecule has 0 unspecified atom stereocenters. The summed E-state index contributed by atoms with van der Waals surface area (Å²) in [5.41, 5.74) is 0. The summed E-state index contributed by atoms with van der Waals surface area (Å²) in [6, 6.07) is 0. The van der Waals surface area contributed by atoms with Crippen LogP contribution in [-0.4, -0.2) is 62.3 Å². The van der Waals surface area contributed by atoms with Crippen molar-refractivity contribution in [1.29, 1.82) is 0 Å². The Balaban J connectivity index is 1.31. The molecule has 0 aromatic carbocycles. The molecule has 1 heterocycles. The van der Waals surface area contributed by atoms with Gasteiger partial charge < -0.3 is 14.8 Å². The van der Waals surface area contributed by atoms with E-state index in [1.54, 1.807) is 6.92 Å². The Morgan fingerprint density at radius 3 is 2.64 bits per heavy atom. The monoisotopic (exact) mass is 352 g/mol. The Kier molecular flexibility index (Phi) is 6.70. The van der Waals surface area contributed by atoms with E-state index in [-0.39, 0.29) is 17.8 Å². The second kappa shape index (κ2) is 8.99. The summed E-state index contributed by atoms with van der Waals surface area (Å²) in [5, 5.41) is 2.87. The molecular formula is C19H32N2O4. The molecule has 1 aliphatic heterocycles. The van der Waals surface area contributed by atoms with Gasteiger partial charge in [0.2, 0.25) is 0 Å². The van der Waals surface area contributed by atoms with Crippen LogP contribution in [0.3, 0.4) is 0 Å².